The summed E-state index contributed by atoms with van der Waals surface area (Å²) in [7, 11) is 0. The van der Waals surface area contributed by atoms with E-state index in [1.54, 1.807) is 6.07 Å². The zero-order valence-electron chi connectivity index (χ0n) is 7.49. The summed E-state index contributed by atoms with van der Waals surface area (Å²) in [6.07, 6.45) is 1.84. The molecule has 0 unspecified atom stereocenters. The molecule has 2 heteroatoms. The molecule has 2 nitrogen and oxygen atoms in total. The van der Waals surface area contributed by atoms with Crippen molar-refractivity contribution in [3.8, 4) is 5.75 Å². The number of aromatic nitrogens is 1. The topological polar surface area (TPSA) is 36.0 Å². The van der Waals surface area contributed by atoms with E-state index >= 15 is 0 Å². The normalized spacial score (nSPS) is 11.1. The van der Waals surface area contributed by atoms with Crippen molar-refractivity contribution in [1.82, 2.24) is 4.98 Å². The number of rotatable bonds is 0. The first kappa shape index (κ1) is 7.44. The number of hydrogen-bond acceptors (Lipinski definition) is 1. The Morgan fingerprint density at radius 1 is 1.00 bits per heavy atom. The SMILES string of the molecule is Oc1cc2ccccc2c2[nH]ccc12. The fourth-order valence-electron chi connectivity index (χ4n) is 1.88. The molecule has 0 amide bonds. The summed E-state index contributed by atoms with van der Waals surface area (Å²) in [6, 6.07) is 11.7. The van der Waals surface area contributed by atoms with Crippen LogP contribution in [0.5, 0.6) is 5.75 Å². The Bertz CT molecular complexity index is 610. The van der Waals surface area contributed by atoms with E-state index in [0.29, 0.717) is 5.75 Å². The lowest BCUT2D eigenvalue weighted by Gasteiger charge is -2.01. The Labute approximate surface area is 80.8 Å². The van der Waals surface area contributed by atoms with E-state index in [4.69, 9.17) is 0 Å². The first-order chi connectivity index (χ1) is 6.86. The molecule has 1 aromatic heterocycles. The molecule has 0 aliphatic heterocycles. The predicted octanol–water partition coefficient (Wildman–Crippen LogP) is 3.03. The summed E-state index contributed by atoms with van der Waals surface area (Å²) < 4.78 is 0. The van der Waals surface area contributed by atoms with Crippen LogP contribution in [-0.4, -0.2) is 10.1 Å². The summed E-state index contributed by atoms with van der Waals surface area (Å²) >= 11 is 0. The van der Waals surface area contributed by atoms with Gasteiger partial charge in [-0.2, -0.15) is 0 Å². The van der Waals surface area contributed by atoms with Crippen LogP contribution in [0, 0.1) is 0 Å². The molecule has 0 fully saturated rings. The summed E-state index contributed by atoms with van der Waals surface area (Å²) in [5.74, 6) is 0.333. The fourth-order valence-corrected chi connectivity index (χ4v) is 1.88. The van der Waals surface area contributed by atoms with E-state index in [1.165, 1.54) is 0 Å². The first-order valence-electron chi connectivity index (χ1n) is 4.54. The summed E-state index contributed by atoms with van der Waals surface area (Å²) in [4.78, 5) is 3.14. The number of phenolic OH excluding ortho intramolecular Hbond substituents is 1. The molecule has 3 rings (SSSR count). The minimum absolute atomic E-state index is 0.333. The van der Waals surface area contributed by atoms with Gasteiger partial charge in [0.25, 0.3) is 0 Å². The molecule has 0 atom stereocenters. The maximum absolute atomic E-state index is 9.74. The van der Waals surface area contributed by atoms with Gasteiger partial charge in [-0.25, -0.2) is 0 Å². The van der Waals surface area contributed by atoms with Crippen LogP contribution in [0.1, 0.15) is 0 Å². The van der Waals surface area contributed by atoms with Gasteiger partial charge in [0.15, 0.2) is 0 Å². The molecule has 68 valence electrons. The largest absolute Gasteiger partial charge is 0.507 e. The Hall–Kier alpha value is -1.96. The highest BCUT2D eigenvalue weighted by atomic mass is 16.3. The Morgan fingerprint density at radius 3 is 2.79 bits per heavy atom. The minimum Gasteiger partial charge on any atom is -0.507 e. The number of benzene rings is 2. The molecule has 0 aliphatic rings. The molecular weight excluding hydrogens is 174 g/mol. The van der Waals surface area contributed by atoms with Crippen LogP contribution in [0.2, 0.25) is 0 Å². The molecule has 2 N–H and O–H groups in total. The molecule has 0 spiro atoms. The van der Waals surface area contributed by atoms with Crippen LogP contribution in [0.3, 0.4) is 0 Å². The van der Waals surface area contributed by atoms with Crippen molar-refractivity contribution in [2.45, 2.75) is 0 Å². The van der Waals surface area contributed by atoms with Gasteiger partial charge in [0, 0.05) is 17.0 Å². The van der Waals surface area contributed by atoms with Crippen molar-refractivity contribution < 1.29 is 5.11 Å². The lowest BCUT2D eigenvalue weighted by Crippen LogP contribution is -1.75. The van der Waals surface area contributed by atoms with E-state index in [-0.39, 0.29) is 0 Å². The highest BCUT2D eigenvalue weighted by molar-refractivity contribution is 6.08. The number of nitrogens with one attached hydrogen (secondary N) is 1. The number of phenols is 1. The van der Waals surface area contributed by atoms with Gasteiger partial charge in [0.05, 0.1) is 5.52 Å². The highest BCUT2D eigenvalue weighted by Gasteiger charge is 2.04. The average Bonchev–Trinajstić information content (AvgIpc) is 2.67. The second kappa shape index (κ2) is 2.51. The number of aromatic hydroxyl groups is 1. The quantitative estimate of drug-likeness (QED) is 0.552. The third-order valence-electron chi connectivity index (χ3n) is 2.55. The zero-order chi connectivity index (χ0) is 9.54. The standard InChI is InChI=1S/C12H9NO/c14-11-7-8-3-1-2-4-9(8)12-10(11)5-6-13-12/h1-7,13-14H. The number of hydrogen-bond donors (Lipinski definition) is 2. The lowest BCUT2D eigenvalue weighted by molar-refractivity contribution is 0.482. The van der Waals surface area contributed by atoms with Crippen LogP contribution in [0.4, 0.5) is 0 Å². The average molecular weight is 183 g/mol. The first-order valence-corrected chi connectivity index (χ1v) is 4.54. The monoisotopic (exact) mass is 183 g/mol. The van der Waals surface area contributed by atoms with Gasteiger partial charge in [-0.3, -0.25) is 0 Å². The van der Waals surface area contributed by atoms with E-state index in [1.807, 2.05) is 36.5 Å². The lowest BCUT2D eigenvalue weighted by atomic mass is 10.1. The maximum Gasteiger partial charge on any atom is 0.125 e. The molecule has 0 saturated heterocycles. The van der Waals surface area contributed by atoms with Crippen molar-refractivity contribution >= 4 is 21.7 Å². The fraction of sp³-hybridized carbons (Fsp3) is 0. The Morgan fingerprint density at radius 2 is 1.86 bits per heavy atom. The molecule has 0 aliphatic carbocycles. The molecule has 0 bridgehead atoms. The number of H-pyrrole nitrogens is 1. The minimum atomic E-state index is 0.333. The van der Waals surface area contributed by atoms with Crippen LogP contribution in [0.25, 0.3) is 21.7 Å². The van der Waals surface area contributed by atoms with Gasteiger partial charge in [-0.15, -0.1) is 0 Å². The predicted molar refractivity (Wildman–Crippen MR) is 57.5 cm³/mol. The van der Waals surface area contributed by atoms with Crippen molar-refractivity contribution in [1.29, 1.82) is 0 Å². The second-order valence-electron chi connectivity index (χ2n) is 3.38. The molecule has 14 heavy (non-hydrogen) atoms. The van der Waals surface area contributed by atoms with Gasteiger partial charge in [0.1, 0.15) is 5.75 Å². The Balaban J connectivity index is 2.66. The summed E-state index contributed by atoms with van der Waals surface area (Å²) in [6.45, 7) is 0. The van der Waals surface area contributed by atoms with Crippen molar-refractivity contribution in [3.63, 3.8) is 0 Å². The van der Waals surface area contributed by atoms with E-state index in [9.17, 15) is 5.11 Å². The van der Waals surface area contributed by atoms with Crippen molar-refractivity contribution in [2.24, 2.45) is 0 Å². The third kappa shape index (κ3) is 0.852. The van der Waals surface area contributed by atoms with Crippen LogP contribution >= 0.6 is 0 Å². The Kier molecular flexibility index (Phi) is 1.34. The number of aromatic amines is 1. The van der Waals surface area contributed by atoms with Gasteiger partial charge >= 0.3 is 0 Å². The second-order valence-corrected chi connectivity index (χ2v) is 3.38. The molecule has 0 saturated carbocycles. The van der Waals surface area contributed by atoms with Gasteiger partial charge in [-0.1, -0.05) is 24.3 Å². The third-order valence-corrected chi connectivity index (χ3v) is 2.55. The van der Waals surface area contributed by atoms with E-state index in [2.05, 4.69) is 4.98 Å². The van der Waals surface area contributed by atoms with Gasteiger partial charge < -0.3 is 10.1 Å². The summed E-state index contributed by atoms with van der Waals surface area (Å²) in [5, 5.41) is 12.8. The van der Waals surface area contributed by atoms with Gasteiger partial charge in [-0.05, 0) is 17.5 Å². The zero-order valence-corrected chi connectivity index (χ0v) is 7.49. The van der Waals surface area contributed by atoms with Crippen LogP contribution < -0.4 is 0 Å². The molecule has 0 radical (unpaired) electrons. The number of fused-ring (bicyclic) bond motifs is 3. The molecule has 2 aromatic carbocycles. The molecular formula is C12H9NO. The van der Waals surface area contributed by atoms with Gasteiger partial charge in [0.2, 0.25) is 0 Å². The summed E-state index contributed by atoms with van der Waals surface area (Å²) in [5.41, 5.74) is 1.00. The molecule has 1 heterocycles. The maximum atomic E-state index is 9.74. The van der Waals surface area contributed by atoms with Crippen molar-refractivity contribution in [2.75, 3.05) is 0 Å². The molecule has 3 aromatic rings. The highest BCUT2D eigenvalue weighted by Crippen LogP contribution is 2.31. The van der Waals surface area contributed by atoms with Crippen LogP contribution in [0.15, 0.2) is 42.6 Å². The van der Waals surface area contributed by atoms with E-state index in [0.717, 1.165) is 21.7 Å². The smallest absolute Gasteiger partial charge is 0.125 e. The van der Waals surface area contributed by atoms with Crippen molar-refractivity contribution in [3.05, 3.63) is 42.6 Å². The van der Waals surface area contributed by atoms with Crippen LogP contribution in [-0.2, 0) is 0 Å². The van der Waals surface area contributed by atoms with E-state index < -0.39 is 0 Å².